The van der Waals surface area contributed by atoms with Gasteiger partial charge >= 0.3 is 36.1 Å². The Labute approximate surface area is 135 Å². The molecule has 0 aromatic heterocycles. The molecule has 0 unspecified atom stereocenters. The number of carbonyl (C=O) groups excluding carboxylic acids is 2. The summed E-state index contributed by atoms with van der Waals surface area (Å²) in [4.78, 5) is 22.6. The number of rotatable bonds is 5. The molecule has 0 aliphatic carbocycles. The van der Waals surface area contributed by atoms with Gasteiger partial charge in [0.25, 0.3) is 0 Å². The standard InChI is InChI=1S/C12H13F9O4/c1-4-8(2,3)7(23)24-5-6(22)25-9(10(13,14)15,11(16,17)18)12(19,20)21/h4-5H2,1-3H3. The fourth-order valence-electron chi connectivity index (χ4n) is 1.32. The van der Waals surface area contributed by atoms with E-state index in [2.05, 4.69) is 9.47 Å². The first-order valence-corrected chi connectivity index (χ1v) is 6.42. The van der Waals surface area contributed by atoms with Gasteiger partial charge in [0.1, 0.15) is 0 Å². The first-order chi connectivity index (χ1) is 10.8. The van der Waals surface area contributed by atoms with E-state index in [9.17, 15) is 49.1 Å². The summed E-state index contributed by atoms with van der Waals surface area (Å²) in [7, 11) is 0. The Kier molecular flexibility index (Phi) is 6.44. The molecule has 13 heteroatoms. The fourth-order valence-corrected chi connectivity index (χ4v) is 1.32. The van der Waals surface area contributed by atoms with Crippen LogP contribution in [0.5, 0.6) is 0 Å². The molecule has 0 aliphatic heterocycles. The monoisotopic (exact) mass is 392 g/mol. The SMILES string of the molecule is CCC(C)(C)C(=O)OCC(=O)OC(C(F)(F)F)(C(F)(F)F)C(F)(F)F. The van der Waals surface area contributed by atoms with Crippen LogP contribution in [-0.2, 0) is 19.1 Å². The van der Waals surface area contributed by atoms with Crippen LogP contribution in [0, 0.1) is 5.41 Å². The predicted molar refractivity (Wildman–Crippen MR) is 62.0 cm³/mol. The molecule has 4 nitrogen and oxygen atoms in total. The van der Waals surface area contributed by atoms with Crippen molar-refractivity contribution in [3.8, 4) is 0 Å². The Morgan fingerprint density at radius 3 is 1.44 bits per heavy atom. The van der Waals surface area contributed by atoms with E-state index in [4.69, 9.17) is 0 Å². The van der Waals surface area contributed by atoms with Gasteiger partial charge in [-0.1, -0.05) is 6.92 Å². The van der Waals surface area contributed by atoms with Crippen molar-refractivity contribution in [1.29, 1.82) is 0 Å². The lowest BCUT2D eigenvalue weighted by Gasteiger charge is -2.37. The molecule has 0 aromatic rings. The Morgan fingerprint density at radius 2 is 1.16 bits per heavy atom. The molecule has 0 bridgehead atoms. The van der Waals surface area contributed by atoms with E-state index in [0.29, 0.717) is 0 Å². The van der Waals surface area contributed by atoms with Gasteiger partial charge in [-0.2, -0.15) is 39.5 Å². The molecule has 0 amide bonds. The molecule has 0 aliphatic rings. The minimum Gasteiger partial charge on any atom is -0.453 e. The summed E-state index contributed by atoms with van der Waals surface area (Å²) in [5.74, 6) is -3.88. The fraction of sp³-hybridized carbons (Fsp3) is 0.833. The van der Waals surface area contributed by atoms with Crippen molar-refractivity contribution in [1.82, 2.24) is 0 Å². The number of ether oxygens (including phenoxy) is 2. The average molecular weight is 392 g/mol. The Balaban J connectivity index is 5.57. The Morgan fingerprint density at radius 1 is 0.800 bits per heavy atom. The zero-order valence-corrected chi connectivity index (χ0v) is 12.9. The molecule has 0 aromatic carbocycles. The van der Waals surface area contributed by atoms with E-state index in [-0.39, 0.29) is 6.42 Å². The molecule has 0 saturated carbocycles. The maximum absolute atomic E-state index is 12.5. The molecule has 0 fully saturated rings. The highest BCUT2D eigenvalue weighted by Crippen LogP contribution is 2.54. The zero-order valence-electron chi connectivity index (χ0n) is 12.9. The molecular formula is C12H13F9O4. The third kappa shape index (κ3) is 4.69. The van der Waals surface area contributed by atoms with Crippen molar-refractivity contribution in [2.45, 2.75) is 51.3 Å². The lowest BCUT2D eigenvalue weighted by atomic mass is 9.91. The average Bonchev–Trinajstić information content (AvgIpc) is 2.37. The van der Waals surface area contributed by atoms with Crippen LogP contribution in [0.1, 0.15) is 27.2 Å². The second-order valence-electron chi connectivity index (χ2n) is 5.46. The second-order valence-corrected chi connectivity index (χ2v) is 5.46. The Bertz CT molecular complexity index is 466. The van der Waals surface area contributed by atoms with Crippen molar-refractivity contribution in [2.75, 3.05) is 6.61 Å². The maximum Gasteiger partial charge on any atom is 0.447 e. The van der Waals surface area contributed by atoms with Crippen LogP contribution >= 0.6 is 0 Å². The van der Waals surface area contributed by atoms with Gasteiger partial charge in [-0.15, -0.1) is 0 Å². The summed E-state index contributed by atoms with van der Waals surface area (Å²) in [5.41, 5.74) is -8.01. The van der Waals surface area contributed by atoms with E-state index >= 15 is 0 Å². The number of hydrogen-bond acceptors (Lipinski definition) is 4. The van der Waals surface area contributed by atoms with E-state index in [1.807, 2.05) is 0 Å². The predicted octanol–water partition coefficient (Wildman–Crippen LogP) is 3.93. The largest absolute Gasteiger partial charge is 0.453 e. The Hall–Kier alpha value is -1.69. The summed E-state index contributed by atoms with van der Waals surface area (Å²) in [5, 5.41) is 0. The molecule has 0 spiro atoms. The summed E-state index contributed by atoms with van der Waals surface area (Å²) in [6.45, 7) is 2.16. The molecule has 0 radical (unpaired) electrons. The minimum atomic E-state index is -7.05. The van der Waals surface area contributed by atoms with Crippen molar-refractivity contribution in [2.24, 2.45) is 5.41 Å². The first kappa shape index (κ1) is 23.3. The lowest BCUT2D eigenvalue weighted by molar-refractivity contribution is -0.446. The number of carbonyl (C=O) groups is 2. The number of halogens is 9. The van der Waals surface area contributed by atoms with Crippen molar-refractivity contribution >= 4 is 11.9 Å². The van der Waals surface area contributed by atoms with Crippen LogP contribution in [0.2, 0.25) is 0 Å². The molecule has 0 heterocycles. The third-order valence-electron chi connectivity index (χ3n) is 3.22. The molecule has 0 saturated heterocycles. The highest BCUT2D eigenvalue weighted by atomic mass is 19.4. The topological polar surface area (TPSA) is 52.6 Å². The molecular weight excluding hydrogens is 379 g/mol. The molecule has 0 atom stereocenters. The molecule has 25 heavy (non-hydrogen) atoms. The first-order valence-electron chi connectivity index (χ1n) is 6.42. The second kappa shape index (κ2) is 6.90. The van der Waals surface area contributed by atoms with Crippen molar-refractivity contribution < 1.29 is 58.6 Å². The number of hydrogen-bond donors (Lipinski definition) is 0. The van der Waals surface area contributed by atoms with Gasteiger partial charge in [0, 0.05) is 0 Å². The lowest BCUT2D eigenvalue weighted by Crippen LogP contribution is -2.68. The maximum atomic E-state index is 12.5. The summed E-state index contributed by atoms with van der Waals surface area (Å²) < 4.78 is 120. The van der Waals surface area contributed by atoms with Crippen LogP contribution in [0.15, 0.2) is 0 Å². The van der Waals surface area contributed by atoms with Gasteiger partial charge in [-0.05, 0) is 20.3 Å². The van der Waals surface area contributed by atoms with Crippen LogP contribution < -0.4 is 0 Å². The van der Waals surface area contributed by atoms with E-state index < -0.39 is 48.1 Å². The van der Waals surface area contributed by atoms with E-state index in [1.54, 1.807) is 0 Å². The quantitative estimate of drug-likeness (QED) is 0.526. The normalized spacial score (nSPS) is 14.2. The highest BCUT2D eigenvalue weighted by molar-refractivity contribution is 5.80. The summed E-state index contributed by atoms with van der Waals surface area (Å²) in [6, 6.07) is 0. The molecule has 0 rings (SSSR count). The van der Waals surface area contributed by atoms with Crippen LogP contribution in [0.4, 0.5) is 39.5 Å². The van der Waals surface area contributed by atoms with E-state index in [0.717, 1.165) is 0 Å². The minimum absolute atomic E-state index is 0.110. The number of esters is 2. The smallest absolute Gasteiger partial charge is 0.447 e. The molecule has 148 valence electrons. The van der Waals surface area contributed by atoms with Gasteiger partial charge in [0.15, 0.2) is 6.61 Å². The van der Waals surface area contributed by atoms with Crippen LogP contribution in [0.3, 0.4) is 0 Å². The molecule has 0 N–H and O–H groups in total. The van der Waals surface area contributed by atoms with Gasteiger partial charge in [-0.3, -0.25) is 4.79 Å². The third-order valence-corrected chi connectivity index (χ3v) is 3.22. The van der Waals surface area contributed by atoms with Gasteiger partial charge in [0.2, 0.25) is 0 Å². The van der Waals surface area contributed by atoms with Gasteiger partial charge in [0.05, 0.1) is 5.41 Å². The van der Waals surface area contributed by atoms with Crippen molar-refractivity contribution in [3.05, 3.63) is 0 Å². The van der Waals surface area contributed by atoms with Crippen molar-refractivity contribution in [3.63, 3.8) is 0 Å². The summed E-state index contributed by atoms with van der Waals surface area (Å²) in [6.07, 6.45) is -21.0. The zero-order chi connectivity index (χ0) is 20.5. The van der Waals surface area contributed by atoms with Gasteiger partial charge in [-0.25, -0.2) is 4.79 Å². The van der Waals surface area contributed by atoms with Crippen LogP contribution in [-0.4, -0.2) is 42.7 Å². The highest BCUT2D eigenvalue weighted by Gasteiger charge is 2.87. The van der Waals surface area contributed by atoms with E-state index in [1.165, 1.54) is 20.8 Å². The summed E-state index contributed by atoms with van der Waals surface area (Å²) >= 11 is 0. The van der Waals surface area contributed by atoms with Gasteiger partial charge < -0.3 is 9.47 Å². The number of alkyl halides is 9. The van der Waals surface area contributed by atoms with Crippen LogP contribution in [0.25, 0.3) is 0 Å².